The summed E-state index contributed by atoms with van der Waals surface area (Å²) in [4.78, 5) is 23.2. The molecule has 2 heterocycles. The van der Waals surface area contributed by atoms with Crippen LogP contribution in [0.4, 0.5) is 0 Å². The van der Waals surface area contributed by atoms with Crippen molar-refractivity contribution in [2.45, 2.75) is 38.8 Å². The van der Waals surface area contributed by atoms with Gasteiger partial charge in [0.25, 0.3) is 0 Å². The SMILES string of the molecule is C#Cc1ccc(-c2cnc([C@@H]3CCCN3C(=O)[C@@H](NC(=C)OC)C(C)C)[nH]2)cc1. The number of nitrogens with one attached hydrogen (secondary N) is 2. The van der Waals surface area contributed by atoms with Gasteiger partial charge < -0.3 is 19.9 Å². The summed E-state index contributed by atoms with van der Waals surface area (Å²) in [5.41, 5.74) is 2.76. The van der Waals surface area contributed by atoms with Gasteiger partial charge in [0.2, 0.25) is 5.91 Å². The van der Waals surface area contributed by atoms with E-state index < -0.39 is 6.04 Å². The number of ether oxygens (including phenoxy) is 1. The largest absolute Gasteiger partial charge is 0.483 e. The topological polar surface area (TPSA) is 70.2 Å². The molecule has 1 saturated heterocycles. The van der Waals surface area contributed by atoms with E-state index in [1.807, 2.05) is 49.2 Å². The summed E-state index contributed by atoms with van der Waals surface area (Å²) in [6.45, 7) is 8.52. The lowest BCUT2D eigenvalue weighted by Gasteiger charge is -2.31. The summed E-state index contributed by atoms with van der Waals surface area (Å²) >= 11 is 0. The molecule has 0 saturated carbocycles. The lowest BCUT2D eigenvalue weighted by molar-refractivity contribution is -0.135. The number of imidazole rings is 1. The minimum absolute atomic E-state index is 0.0389. The number of aromatic amines is 1. The van der Waals surface area contributed by atoms with Crippen molar-refractivity contribution in [1.29, 1.82) is 0 Å². The second-order valence-electron chi connectivity index (χ2n) is 7.59. The van der Waals surface area contributed by atoms with Crippen LogP contribution in [-0.4, -0.2) is 40.5 Å². The van der Waals surface area contributed by atoms with E-state index in [-0.39, 0.29) is 17.9 Å². The molecule has 3 rings (SSSR count). The minimum atomic E-state index is -0.395. The van der Waals surface area contributed by atoms with E-state index in [1.165, 1.54) is 7.11 Å². The first-order valence-electron chi connectivity index (χ1n) is 9.86. The Morgan fingerprint density at radius 3 is 2.76 bits per heavy atom. The molecule has 2 aromatic rings. The van der Waals surface area contributed by atoms with Crippen molar-refractivity contribution in [2.24, 2.45) is 5.92 Å². The third kappa shape index (κ3) is 4.45. The molecule has 6 nitrogen and oxygen atoms in total. The number of aromatic nitrogens is 2. The number of hydrogen-bond donors (Lipinski definition) is 2. The van der Waals surface area contributed by atoms with Crippen LogP contribution in [0.2, 0.25) is 0 Å². The average molecular weight is 393 g/mol. The molecule has 2 N–H and O–H groups in total. The fourth-order valence-corrected chi connectivity index (χ4v) is 3.64. The molecule has 0 spiro atoms. The van der Waals surface area contributed by atoms with Crippen LogP contribution < -0.4 is 5.32 Å². The van der Waals surface area contributed by atoms with Gasteiger partial charge in [0.1, 0.15) is 11.9 Å². The van der Waals surface area contributed by atoms with Crippen molar-refractivity contribution in [3.8, 4) is 23.6 Å². The molecule has 1 aliphatic heterocycles. The molecule has 0 aliphatic carbocycles. The number of methoxy groups -OCH3 is 1. The van der Waals surface area contributed by atoms with E-state index in [0.29, 0.717) is 12.4 Å². The Balaban J connectivity index is 1.79. The van der Waals surface area contributed by atoms with Gasteiger partial charge in [-0.25, -0.2) is 4.98 Å². The number of nitrogens with zero attached hydrogens (tertiary/aromatic N) is 2. The number of carbonyl (C=O) groups excluding carboxylic acids is 1. The van der Waals surface area contributed by atoms with Crippen LogP contribution in [0.15, 0.2) is 42.9 Å². The van der Waals surface area contributed by atoms with Gasteiger partial charge in [-0.15, -0.1) is 6.42 Å². The van der Waals surface area contributed by atoms with Crippen molar-refractivity contribution in [1.82, 2.24) is 20.2 Å². The molecule has 0 unspecified atom stereocenters. The predicted molar refractivity (Wildman–Crippen MR) is 114 cm³/mol. The van der Waals surface area contributed by atoms with Crippen LogP contribution in [0.25, 0.3) is 11.3 Å². The molecule has 0 radical (unpaired) electrons. The Labute approximate surface area is 172 Å². The summed E-state index contributed by atoms with van der Waals surface area (Å²) in [5.74, 6) is 3.95. The van der Waals surface area contributed by atoms with Gasteiger partial charge in [-0.05, 0) is 43.0 Å². The highest BCUT2D eigenvalue weighted by molar-refractivity contribution is 5.83. The maximum Gasteiger partial charge on any atom is 0.246 e. The zero-order valence-electron chi connectivity index (χ0n) is 17.2. The van der Waals surface area contributed by atoms with E-state index in [4.69, 9.17) is 11.2 Å². The molecule has 2 atom stereocenters. The minimum Gasteiger partial charge on any atom is -0.483 e. The average Bonchev–Trinajstić information content (AvgIpc) is 3.40. The third-order valence-electron chi connectivity index (χ3n) is 5.31. The Morgan fingerprint density at radius 2 is 2.14 bits per heavy atom. The molecule has 1 amide bonds. The fourth-order valence-electron chi connectivity index (χ4n) is 3.64. The summed E-state index contributed by atoms with van der Waals surface area (Å²) in [7, 11) is 1.54. The van der Waals surface area contributed by atoms with Crippen LogP contribution in [0.1, 0.15) is 44.1 Å². The molecular weight excluding hydrogens is 364 g/mol. The van der Waals surface area contributed by atoms with Crippen molar-refractivity contribution in [3.05, 3.63) is 54.3 Å². The standard InChI is InChI=1S/C23H28N4O2/c1-6-17-9-11-18(12-10-17)19-14-24-22(26-19)20-8-7-13-27(20)23(28)21(15(2)3)25-16(4)29-5/h1,9-12,14-15,20-21,25H,4,7-8,13H2,2-3,5H3,(H,24,26)/t20-,21-/m0/s1. The van der Waals surface area contributed by atoms with E-state index in [0.717, 1.165) is 35.5 Å². The number of H-pyrrole nitrogens is 1. The van der Waals surface area contributed by atoms with E-state index in [9.17, 15) is 4.79 Å². The van der Waals surface area contributed by atoms with Crippen molar-refractivity contribution in [2.75, 3.05) is 13.7 Å². The quantitative estimate of drug-likeness (QED) is 0.559. The maximum absolute atomic E-state index is 13.3. The van der Waals surface area contributed by atoms with Crippen LogP contribution in [-0.2, 0) is 9.53 Å². The van der Waals surface area contributed by atoms with Crippen molar-refractivity contribution < 1.29 is 9.53 Å². The molecule has 1 aliphatic rings. The monoisotopic (exact) mass is 392 g/mol. The van der Waals surface area contributed by atoms with Gasteiger partial charge in [0.15, 0.2) is 5.88 Å². The number of benzene rings is 1. The second kappa shape index (κ2) is 8.87. The Hall–Kier alpha value is -3.20. The first kappa shape index (κ1) is 20.5. The fraction of sp³-hybridized carbons (Fsp3) is 0.391. The van der Waals surface area contributed by atoms with E-state index in [1.54, 1.807) is 0 Å². The number of amides is 1. The van der Waals surface area contributed by atoms with Crippen molar-refractivity contribution in [3.63, 3.8) is 0 Å². The molecule has 29 heavy (non-hydrogen) atoms. The number of hydrogen-bond acceptors (Lipinski definition) is 4. The van der Waals surface area contributed by atoms with Gasteiger partial charge in [-0.2, -0.15) is 0 Å². The van der Waals surface area contributed by atoms with Gasteiger partial charge in [0, 0.05) is 12.1 Å². The Morgan fingerprint density at radius 1 is 1.41 bits per heavy atom. The molecule has 152 valence electrons. The highest BCUT2D eigenvalue weighted by atomic mass is 16.5. The predicted octanol–water partition coefficient (Wildman–Crippen LogP) is 3.45. The summed E-state index contributed by atoms with van der Waals surface area (Å²) < 4.78 is 5.12. The van der Waals surface area contributed by atoms with Crippen LogP contribution in [0, 0.1) is 18.3 Å². The lowest BCUT2D eigenvalue weighted by atomic mass is 10.0. The third-order valence-corrected chi connectivity index (χ3v) is 5.31. The normalized spacial score (nSPS) is 17.1. The van der Waals surface area contributed by atoms with Crippen LogP contribution in [0.3, 0.4) is 0 Å². The van der Waals surface area contributed by atoms with E-state index in [2.05, 4.69) is 27.8 Å². The zero-order chi connectivity index (χ0) is 21.0. The van der Waals surface area contributed by atoms with Crippen LogP contribution >= 0.6 is 0 Å². The smallest absolute Gasteiger partial charge is 0.246 e. The van der Waals surface area contributed by atoms with E-state index >= 15 is 0 Å². The maximum atomic E-state index is 13.3. The highest BCUT2D eigenvalue weighted by Gasteiger charge is 2.36. The first-order valence-corrected chi connectivity index (χ1v) is 9.86. The molecule has 1 aromatic carbocycles. The van der Waals surface area contributed by atoms with Gasteiger partial charge in [-0.1, -0.05) is 31.9 Å². The zero-order valence-corrected chi connectivity index (χ0v) is 17.2. The number of rotatable bonds is 7. The molecule has 1 fully saturated rings. The Kier molecular flexibility index (Phi) is 6.28. The highest BCUT2D eigenvalue weighted by Crippen LogP contribution is 2.32. The van der Waals surface area contributed by atoms with Gasteiger partial charge in [0.05, 0.1) is 25.0 Å². The summed E-state index contributed by atoms with van der Waals surface area (Å²) in [5, 5.41) is 3.10. The summed E-state index contributed by atoms with van der Waals surface area (Å²) in [6.07, 6.45) is 9.06. The molecule has 0 bridgehead atoms. The molecule has 1 aromatic heterocycles. The van der Waals surface area contributed by atoms with Crippen molar-refractivity contribution >= 4 is 5.91 Å². The second-order valence-corrected chi connectivity index (χ2v) is 7.59. The Bertz CT molecular complexity index is 908. The number of likely N-dealkylation sites (tertiary alicyclic amines) is 1. The van der Waals surface area contributed by atoms with Gasteiger partial charge in [-0.3, -0.25) is 4.79 Å². The number of terminal acetylenes is 1. The summed E-state index contributed by atoms with van der Waals surface area (Å²) in [6, 6.07) is 7.29. The molecule has 6 heteroatoms. The first-order chi connectivity index (χ1) is 13.9. The van der Waals surface area contributed by atoms with Crippen LogP contribution in [0.5, 0.6) is 0 Å². The lowest BCUT2D eigenvalue weighted by Crippen LogP contribution is -2.48. The molecular formula is C23H28N4O2. The number of carbonyl (C=O) groups is 1. The van der Waals surface area contributed by atoms with Gasteiger partial charge >= 0.3 is 0 Å².